The zero-order chi connectivity index (χ0) is 23.3. The second kappa shape index (κ2) is 9.49. The first-order chi connectivity index (χ1) is 13.5. The molecule has 9 nitrogen and oxygen atoms in total. The Labute approximate surface area is 180 Å². The molecule has 0 atom stereocenters. The van der Waals surface area contributed by atoms with Crippen molar-refractivity contribution in [2.75, 3.05) is 0 Å². The van der Waals surface area contributed by atoms with Crippen molar-refractivity contribution in [2.24, 2.45) is 21.1 Å². The van der Waals surface area contributed by atoms with E-state index in [0.717, 1.165) is 17.2 Å². The van der Waals surface area contributed by atoms with Crippen molar-refractivity contribution in [2.45, 2.75) is 78.6 Å². The minimum absolute atomic E-state index is 0.0707. The average Bonchev–Trinajstić information content (AvgIpc) is 3.27. The standard InChI is InChI=1S/3C7H13N3/c1-7(2,3)6-8-5-10(4)9-6;1-7(2,3)6-5-10(4)9-8-6;1-7(2,3)6-5-8-10(4)9-6/h3*5H,1-4H3. The molecule has 0 fully saturated rings. The number of aromatic nitrogens is 9. The van der Waals surface area contributed by atoms with E-state index in [-0.39, 0.29) is 16.2 Å². The summed E-state index contributed by atoms with van der Waals surface area (Å²) in [6, 6.07) is 0. The molecule has 0 spiro atoms. The molecule has 3 aromatic rings. The van der Waals surface area contributed by atoms with Crippen LogP contribution in [-0.4, -0.2) is 44.8 Å². The Balaban J connectivity index is 0.000000225. The highest BCUT2D eigenvalue weighted by atomic mass is 15.4. The number of nitrogens with zero attached hydrogens (tertiary/aromatic N) is 9. The predicted octanol–water partition coefficient (Wildman–Crippen LogP) is 3.34. The van der Waals surface area contributed by atoms with Crippen LogP contribution in [0.1, 0.15) is 79.5 Å². The zero-order valence-electron chi connectivity index (χ0n) is 20.8. The molecule has 3 aromatic heterocycles. The van der Waals surface area contributed by atoms with Crippen LogP contribution in [0.3, 0.4) is 0 Å². The Morgan fingerprint density at radius 1 is 0.700 bits per heavy atom. The van der Waals surface area contributed by atoms with Crippen LogP contribution < -0.4 is 0 Å². The van der Waals surface area contributed by atoms with Crippen molar-refractivity contribution in [1.29, 1.82) is 0 Å². The van der Waals surface area contributed by atoms with E-state index in [4.69, 9.17) is 0 Å². The summed E-state index contributed by atoms with van der Waals surface area (Å²) in [7, 11) is 5.58. The molecule has 9 heteroatoms. The summed E-state index contributed by atoms with van der Waals surface area (Å²) in [6.07, 6.45) is 5.47. The summed E-state index contributed by atoms with van der Waals surface area (Å²) in [6.45, 7) is 19.0. The van der Waals surface area contributed by atoms with E-state index >= 15 is 0 Å². The Kier molecular flexibility index (Phi) is 8.05. The Morgan fingerprint density at radius 3 is 1.47 bits per heavy atom. The first-order valence-corrected chi connectivity index (χ1v) is 10.1. The molecule has 0 bridgehead atoms. The molecule has 0 unspecified atom stereocenters. The molecule has 0 saturated carbocycles. The van der Waals surface area contributed by atoms with Crippen molar-refractivity contribution in [3.05, 3.63) is 35.9 Å². The third-order valence-corrected chi connectivity index (χ3v) is 4.01. The maximum Gasteiger partial charge on any atom is 0.155 e. The molecule has 3 heterocycles. The van der Waals surface area contributed by atoms with Gasteiger partial charge in [-0.2, -0.15) is 20.1 Å². The van der Waals surface area contributed by atoms with Gasteiger partial charge in [0.1, 0.15) is 6.33 Å². The first kappa shape index (κ1) is 25.5. The molecule has 0 aliphatic rings. The SMILES string of the molecule is Cn1cc(C(C)(C)C)nn1.Cn1cnc(C(C)(C)C)n1.Cn1ncc(C(C)(C)C)n1. The van der Waals surface area contributed by atoms with Crippen LogP contribution >= 0.6 is 0 Å². The van der Waals surface area contributed by atoms with Crippen LogP contribution in [0.25, 0.3) is 0 Å². The quantitative estimate of drug-likeness (QED) is 0.557. The van der Waals surface area contributed by atoms with E-state index in [9.17, 15) is 0 Å². The van der Waals surface area contributed by atoms with Gasteiger partial charge in [-0.15, -0.1) is 5.10 Å². The van der Waals surface area contributed by atoms with Gasteiger partial charge in [0.15, 0.2) is 5.82 Å². The highest BCUT2D eigenvalue weighted by Gasteiger charge is 2.18. The summed E-state index contributed by atoms with van der Waals surface area (Å²) in [5.74, 6) is 0.898. The molecule has 0 N–H and O–H groups in total. The van der Waals surface area contributed by atoms with Crippen molar-refractivity contribution in [3.63, 3.8) is 0 Å². The maximum absolute atomic E-state index is 4.19. The lowest BCUT2D eigenvalue weighted by Crippen LogP contribution is -2.13. The molecule has 0 aliphatic heterocycles. The van der Waals surface area contributed by atoms with E-state index in [1.165, 1.54) is 0 Å². The molecule has 0 saturated heterocycles. The minimum Gasteiger partial charge on any atom is -0.256 e. The predicted molar refractivity (Wildman–Crippen MR) is 119 cm³/mol. The number of hydrogen-bond acceptors (Lipinski definition) is 6. The van der Waals surface area contributed by atoms with Gasteiger partial charge in [0.25, 0.3) is 0 Å². The van der Waals surface area contributed by atoms with Crippen LogP contribution in [0.5, 0.6) is 0 Å². The molecule has 3 rings (SSSR count). The smallest absolute Gasteiger partial charge is 0.155 e. The van der Waals surface area contributed by atoms with Gasteiger partial charge in [-0.3, -0.25) is 9.36 Å². The summed E-state index contributed by atoms with van der Waals surface area (Å²) < 4.78 is 3.45. The highest BCUT2D eigenvalue weighted by molar-refractivity contribution is 5.06. The largest absolute Gasteiger partial charge is 0.256 e. The van der Waals surface area contributed by atoms with Gasteiger partial charge < -0.3 is 0 Å². The van der Waals surface area contributed by atoms with Gasteiger partial charge in [-0.25, -0.2) is 4.98 Å². The monoisotopic (exact) mass is 417 g/mol. The van der Waals surface area contributed by atoms with Gasteiger partial charge in [0.2, 0.25) is 0 Å². The molecule has 30 heavy (non-hydrogen) atoms. The lowest BCUT2D eigenvalue weighted by Gasteiger charge is -2.12. The second-order valence-electron chi connectivity index (χ2n) is 10.5. The number of rotatable bonds is 0. The van der Waals surface area contributed by atoms with Crippen molar-refractivity contribution in [1.82, 2.24) is 44.8 Å². The molecule has 0 amide bonds. The van der Waals surface area contributed by atoms with Crippen molar-refractivity contribution in [3.8, 4) is 0 Å². The Hall–Kier alpha value is -2.58. The summed E-state index contributed by atoms with van der Waals surface area (Å²) in [5.41, 5.74) is 2.38. The molecular weight excluding hydrogens is 378 g/mol. The van der Waals surface area contributed by atoms with Crippen LogP contribution in [0.4, 0.5) is 0 Å². The van der Waals surface area contributed by atoms with E-state index in [2.05, 4.69) is 92.9 Å². The summed E-state index contributed by atoms with van der Waals surface area (Å²) in [5, 5.41) is 20.2. The summed E-state index contributed by atoms with van der Waals surface area (Å²) >= 11 is 0. The van der Waals surface area contributed by atoms with Crippen LogP contribution in [0.2, 0.25) is 0 Å². The van der Waals surface area contributed by atoms with Gasteiger partial charge in [0.05, 0.1) is 17.6 Å². The fourth-order valence-electron chi connectivity index (χ4n) is 2.06. The minimum atomic E-state index is 0.0707. The van der Waals surface area contributed by atoms with Crippen LogP contribution in [0.15, 0.2) is 18.7 Å². The van der Waals surface area contributed by atoms with E-state index < -0.39 is 0 Å². The fourth-order valence-corrected chi connectivity index (χ4v) is 2.06. The molecular formula is C21H39N9. The zero-order valence-corrected chi connectivity index (χ0v) is 20.8. The van der Waals surface area contributed by atoms with E-state index in [0.29, 0.717) is 0 Å². The van der Waals surface area contributed by atoms with Crippen LogP contribution in [0, 0.1) is 0 Å². The lowest BCUT2D eigenvalue weighted by atomic mass is 9.93. The maximum atomic E-state index is 4.19. The lowest BCUT2D eigenvalue weighted by molar-refractivity contribution is 0.538. The van der Waals surface area contributed by atoms with Crippen molar-refractivity contribution < 1.29 is 0 Å². The van der Waals surface area contributed by atoms with Crippen molar-refractivity contribution >= 4 is 0 Å². The highest BCUT2D eigenvalue weighted by Crippen LogP contribution is 2.18. The van der Waals surface area contributed by atoms with E-state index in [1.54, 1.807) is 26.7 Å². The topological polar surface area (TPSA) is 92.1 Å². The fraction of sp³-hybridized carbons (Fsp3) is 0.714. The number of aryl methyl sites for hydroxylation is 3. The summed E-state index contributed by atoms with van der Waals surface area (Å²) in [4.78, 5) is 5.72. The third-order valence-electron chi connectivity index (χ3n) is 4.01. The first-order valence-electron chi connectivity index (χ1n) is 10.1. The Morgan fingerprint density at radius 2 is 1.27 bits per heavy atom. The number of hydrogen-bond donors (Lipinski definition) is 0. The molecule has 0 radical (unpaired) electrons. The van der Waals surface area contributed by atoms with Gasteiger partial charge in [-0.1, -0.05) is 67.5 Å². The van der Waals surface area contributed by atoms with Gasteiger partial charge in [-0.05, 0) is 0 Å². The molecule has 168 valence electrons. The van der Waals surface area contributed by atoms with Crippen LogP contribution in [-0.2, 0) is 37.4 Å². The third kappa shape index (κ3) is 8.42. The normalized spacial score (nSPS) is 12.0. The Bertz CT molecular complexity index is 776. The molecule has 0 aromatic carbocycles. The second-order valence-corrected chi connectivity index (χ2v) is 10.5. The van der Waals surface area contributed by atoms with Gasteiger partial charge >= 0.3 is 0 Å². The van der Waals surface area contributed by atoms with Gasteiger partial charge in [0, 0.05) is 43.6 Å². The average molecular weight is 418 g/mol. The van der Waals surface area contributed by atoms with E-state index in [1.807, 2.05) is 27.3 Å². The molecule has 0 aliphatic carbocycles.